The van der Waals surface area contributed by atoms with Crippen molar-refractivity contribution in [3.63, 3.8) is 0 Å². The summed E-state index contributed by atoms with van der Waals surface area (Å²) in [5.41, 5.74) is 1.22. The zero-order chi connectivity index (χ0) is 21.0. The van der Waals surface area contributed by atoms with Crippen molar-refractivity contribution in [1.29, 1.82) is 0 Å². The van der Waals surface area contributed by atoms with E-state index in [-0.39, 0.29) is 34.8 Å². The maximum Gasteiger partial charge on any atom is 0.254 e. The third kappa shape index (κ3) is 5.04. The second-order valence-corrected chi connectivity index (χ2v) is 6.94. The number of rotatable bonds is 3. The Bertz CT molecular complexity index is 923. The van der Waals surface area contributed by atoms with Gasteiger partial charge in [0.05, 0.1) is 0 Å². The predicted molar refractivity (Wildman–Crippen MR) is 107 cm³/mol. The van der Waals surface area contributed by atoms with Crippen LogP contribution in [0.1, 0.15) is 34.1 Å². The predicted octanol–water partition coefficient (Wildman–Crippen LogP) is 2.04. The Morgan fingerprint density at radius 3 is 2.00 bits per heavy atom. The number of carbonyl (C=O) groups excluding carboxylic acids is 3. The Morgan fingerprint density at radius 2 is 1.41 bits per heavy atom. The fourth-order valence-corrected chi connectivity index (χ4v) is 3.34. The van der Waals surface area contributed by atoms with E-state index >= 15 is 0 Å². The van der Waals surface area contributed by atoms with Gasteiger partial charge >= 0.3 is 0 Å². The molecule has 8 nitrogen and oxygen atoms in total. The van der Waals surface area contributed by atoms with E-state index in [0.29, 0.717) is 43.9 Å². The quantitative estimate of drug-likeness (QED) is 0.734. The Hall–Kier alpha value is -3.55. The van der Waals surface area contributed by atoms with Crippen LogP contribution in [0.2, 0.25) is 0 Å². The van der Waals surface area contributed by atoms with E-state index in [1.165, 1.54) is 19.1 Å². The summed E-state index contributed by atoms with van der Waals surface area (Å²) in [7, 11) is 0. The Balaban J connectivity index is 1.68. The molecule has 0 aromatic heterocycles. The summed E-state index contributed by atoms with van der Waals surface area (Å²) in [5, 5.41) is 21.9. The minimum absolute atomic E-state index is 0.165. The molecule has 2 aromatic carbocycles. The summed E-state index contributed by atoms with van der Waals surface area (Å²) in [5.74, 6) is -1.05. The minimum Gasteiger partial charge on any atom is -0.508 e. The summed E-state index contributed by atoms with van der Waals surface area (Å²) in [6.07, 6.45) is 0.605. The van der Waals surface area contributed by atoms with Crippen LogP contribution in [0.3, 0.4) is 0 Å². The van der Waals surface area contributed by atoms with Crippen LogP contribution in [-0.4, -0.2) is 63.9 Å². The zero-order valence-corrected chi connectivity index (χ0v) is 16.1. The smallest absolute Gasteiger partial charge is 0.254 e. The Morgan fingerprint density at radius 1 is 0.828 bits per heavy atom. The molecule has 8 heteroatoms. The maximum absolute atomic E-state index is 12.9. The molecule has 2 aromatic rings. The fraction of sp³-hybridized carbons (Fsp3) is 0.286. The lowest BCUT2D eigenvalue weighted by Gasteiger charge is -2.22. The van der Waals surface area contributed by atoms with Crippen molar-refractivity contribution in [3.05, 3.63) is 53.6 Å². The highest BCUT2D eigenvalue weighted by molar-refractivity contribution is 5.97. The molecule has 29 heavy (non-hydrogen) atoms. The molecule has 3 N–H and O–H groups in total. The normalized spacial score (nSPS) is 14.2. The summed E-state index contributed by atoms with van der Waals surface area (Å²) in [6.45, 7) is 3.07. The molecule has 0 radical (unpaired) electrons. The SMILES string of the molecule is CC(=O)Nc1cccc(C(=O)N2CCCN(C(=O)c3cc(O)cc(O)c3)CC2)c1. The largest absolute Gasteiger partial charge is 0.508 e. The molecule has 0 aliphatic carbocycles. The lowest BCUT2D eigenvalue weighted by molar-refractivity contribution is -0.114. The van der Waals surface area contributed by atoms with Crippen LogP contribution in [-0.2, 0) is 4.79 Å². The second kappa shape index (κ2) is 8.64. The molecule has 1 saturated heterocycles. The van der Waals surface area contributed by atoms with Crippen LogP contribution < -0.4 is 5.32 Å². The highest BCUT2D eigenvalue weighted by Gasteiger charge is 2.24. The van der Waals surface area contributed by atoms with E-state index in [2.05, 4.69) is 5.32 Å². The van der Waals surface area contributed by atoms with Gasteiger partial charge in [0, 0.05) is 56.0 Å². The molecule has 0 bridgehead atoms. The van der Waals surface area contributed by atoms with E-state index in [9.17, 15) is 24.6 Å². The lowest BCUT2D eigenvalue weighted by atomic mass is 10.1. The van der Waals surface area contributed by atoms with Crippen LogP contribution in [0.5, 0.6) is 11.5 Å². The van der Waals surface area contributed by atoms with Gasteiger partial charge in [-0.15, -0.1) is 0 Å². The Labute approximate surface area is 168 Å². The molecule has 0 atom stereocenters. The summed E-state index contributed by atoms with van der Waals surface area (Å²) >= 11 is 0. The summed E-state index contributed by atoms with van der Waals surface area (Å²) in [6, 6.07) is 10.5. The standard InChI is InChI=1S/C21H23N3O5/c1-14(25)22-17-5-2-4-15(10-17)20(28)23-6-3-7-24(9-8-23)21(29)16-11-18(26)13-19(27)12-16/h2,4-5,10-13,26-27H,3,6-9H2,1H3,(H,22,25). The number of nitrogens with zero attached hydrogens (tertiary/aromatic N) is 2. The van der Waals surface area contributed by atoms with Gasteiger partial charge < -0.3 is 25.3 Å². The van der Waals surface area contributed by atoms with E-state index in [1.807, 2.05) is 0 Å². The number of benzene rings is 2. The molecule has 1 fully saturated rings. The van der Waals surface area contributed by atoms with Crippen molar-refractivity contribution in [2.45, 2.75) is 13.3 Å². The first-order valence-electron chi connectivity index (χ1n) is 9.33. The van der Waals surface area contributed by atoms with Gasteiger partial charge in [0.15, 0.2) is 0 Å². The number of carbonyl (C=O) groups is 3. The average molecular weight is 397 g/mol. The van der Waals surface area contributed by atoms with E-state index < -0.39 is 0 Å². The van der Waals surface area contributed by atoms with Gasteiger partial charge in [-0.3, -0.25) is 14.4 Å². The molecule has 0 saturated carbocycles. The van der Waals surface area contributed by atoms with Gasteiger partial charge in [-0.05, 0) is 36.8 Å². The first kappa shape index (κ1) is 20.2. The lowest BCUT2D eigenvalue weighted by Crippen LogP contribution is -2.37. The van der Waals surface area contributed by atoms with Crippen LogP contribution >= 0.6 is 0 Å². The van der Waals surface area contributed by atoms with Crippen molar-refractivity contribution in [2.24, 2.45) is 0 Å². The van der Waals surface area contributed by atoms with Crippen LogP contribution in [0.4, 0.5) is 5.69 Å². The summed E-state index contributed by atoms with van der Waals surface area (Å²) < 4.78 is 0. The zero-order valence-electron chi connectivity index (χ0n) is 16.1. The highest BCUT2D eigenvalue weighted by Crippen LogP contribution is 2.22. The molecule has 1 aliphatic rings. The number of phenols is 2. The van der Waals surface area contributed by atoms with Gasteiger partial charge in [0.1, 0.15) is 11.5 Å². The van der Waals surface area contributed by atoms with E-state index in [0.717, 1.165) is 6.07 Å². The number of nitrogens with one attached hydrogen (secondary N) is 1. The van der Waals surface area contributed by atoms with Gasteiger partial charge in [0.25, 0.3) is 11.8 Å². The number of aromatic hydroxyl groups is 2. The second-order valence-electron chi connectivity index (χ2n) is 6.94. The first-order valence-corrected chi connectivity index (χ1v) is 9.33. The van der Waals surface area contributed by atoms with Crippen molar-refractivity contribution in [3.8, 4) is 11.5 Å². The number of hydrogen-bond acceptors (Lipinski definition) is 5. The molecule has 1 heterocycles. The van der Waals surface area contributed by atoms with Gasteiger partial charge in [0.2, 0.25) is 5.91 Å². The van der Waals surface area contributed by atoms with Crippen molar-refractivity contribution >= 4 is 23.4 Å². The average Bonchev–Trinajstić information content (AvgIpc) is 2.92. The molecule has 1 aliphatic heterocycles. The molecule has 152 valence electrons. The molecule has 3 amide bonds. The van der Waals surface area contributed by atoms with Crippen molar-refractivity contribution in [2.75, 3.05) is 31.5 Å². The molecule has 3 rings (SSSR count). The monoisotopic (exact) mass is 397 g/mol. The minimum atomic E-state index is -0.307. The third-order valence-corrected chi connectivity index (χ3v) is 4.65. The molecular weight excluding hydrogens is 374 g/mol. The molecular formula is C21H23N3O5. The molecule has 0 unspecified atom stereocenters. The molecule has 0 spiro atoms. The van der Waals surface area contributed by atoms with Crippen LogP contribution in [0.25, 0.3) is 0 Å². The van der Waals surface area contributed by atoms with Crippen molar-refractivity contribution < 1.29 is 24.6 Å². The summed E-state index contributed by atoms with van der Waals surface area (Å²) in [4.78, 5) is 40.1. The number of phenolic OH excluding ortho intramolecular Hbond substituents is 2. The maximum atomic E-state index is 12.9. The Kier molecular flexibility index (Phi) is 6.01. The van der Waals surface area contributed by atoms with Gasteiger partial charge in [-0.25, -0.2) is 0 Å². The topological polar surface area (TPSA) is 110 Å². The van der Waals surface area contributed by atoms with Gasteiger partial charge in [-0.1, -0.05) is 6.07 Å². The number of amides is 3. The first-order chi connectivity index (χ1) is 13.8. The van der Waals surface area contributed by atoms with E-state index in [1.54, 1.807) is 34.1 Å². The van der Waals surface area contributed by atoms with E-state index in [4.69, 9.17) is 0 Å². The van der Waals surface area contributed by atoms with Gasteiger partial charge in [-0.2, -0.15) is 0 Å². The van der Waals surface area contributed by atoms with Crippen molar-refractivity contribution in [1.82, 2.24) is 9.80 Å². The third-order valence-electron chi connectivity index (χ3n) is 4.65. The number of anilines is 1. The fourth-order valence-electron chi connectivity index (χ4n) is 3.34. The van der Waals surface area contributed by atoms with Crippen LogP contribution in [0, 0.1) is 0 Å². The number of hydrogen-bond donors (Lipinski definition) is 3. The van der Waals surface area contributed by atoms with Crippen LogP contribution in [0.15, 0.2) is 42.5 Å². The highest BCUT2D eigenvalue weighted by atomic mass is 16.3.